The molecule has 0 atom stereocenters. The molecule has 0 spiro atoms. The summed E-state index contributed by atoms with van der Waals surface area (Å²) < 4.78 is 0. The number of rotatable bonds is 2. The zero-order valence-corrected chi connectivity index (χ0v) is 15.0. The first-order valence-corrected chi connectivity index (χ1v) is 7.96. The minimum Gasteiger partial charge on any atom is -0.399 e. The van der Waals surface area contributed by atoms with Crippen molar-refractivity contribution in [2.75, 3.05) is 34.9 Å². The van der Waals surface area contributed by atoms with Crippen molar-refractivity contribution in [2.24, 2.45) is 0 Å². The number of halogens is 1. The van der Waals surface area contributed by atoms with Crippen molar-refractivity contribution in [2.45, 2.75) is 0 Å². The first-order valence-electron chi connectivity index (χ1n) is 7.96. The van der Waals surface area contributed by atoms with Crippen LogP contribution >= 0.6 is 12.4 Å². The Morgan fingerprint density at radius 2 is 1.48 bits per heavy atom. The zero-order valence-electron chi connectivity index (χ0n) is 14.2. The average Bonchev–Trinajstić information content (AvgIpc) is 2.60. The largest absolute Gasteiger partial charge is 0.399 e. The molecule has 128 valence electrons. The number of hydrogen-bond donors (Lipinski definition) is 2. The fourth-order valence-corrected chi connectivity index (χ4v) is 3.06. The maximum Gasteiger partial charge on any atom is 0.0718 e. The number of para-hydroxylation sites is 1. The van der Waals surface area contributed by atoms with Crippen LogP contribution in [-0.2, 0) is 0 Å². The second kappa shape index (κ2) is 6.57. The normalized spacial score (nSPS) is 11.7. The van der Waals surface area contributed by atoms with Crippen LogP contribution in [0.1, 0.15) is 0 Å². The Hall–Kier alpha value is -2.85. The maximum absolute atomic E-state index is 6.06. The van der Waals surface area contributed by atoms with Gasteiger partial charge in [-0.15, -0.1) is 12.4 Å². The predicted octanol–water partition coefficient (Wildman–Crippen LogP) is 5.28. The number of anilines is 7. The lowest BCUT2D eigenvalue weighted by Gasteiger charge is -2.35. The third-order valence-corrected chi connectivity index (χ3v) is 4.29. The number of nitrogens with two attached hydrogens (primary N) is 1. The molecule has 0 fully saturated rings. The Balaban J connectivity index is 0.00000182. The van der Waals surface area contributed by atoms with Gasteiger partial charge in [-0.2, -0.15) is 0 Å². The van der Waals surface area contributed by atoms with E-state index < -0.39 is 0 Å². The number of fused-ring (bicyclic) bond motifs is 2. The van der Waals surface area contributed by atoms with Crippen LogP contribution in [0, 0.1) is 0 Å². The summed E-state index contributed by atoms with van der Waals surface area (Å²) in [5.41, 5.74) is 13.4. The van der Waals surface area contributed by atoms with Crippen LogP contribution in [0.4, 0.5) is 39.8 Å². The smallest absolute Gasteiger partial charge is 0.0718 e. The van der Waals surface area contributed by atoms with E-state index in [9.17, 15) is 0 Å². The molecule has 0 saturated carbocycles. The second-order valence-electron chi connectivity index (χ2n) is 6.17. The number of nitrogens with one attached hydrogen (secondary N) is 1. The molecule has 4 nitrogen and oxygen atoms in total. The highest BCUT2D eigenvalue weighted by Crippen LogP contribution is 2.49. The van der Waals surface area contributed by atoms with Gasteiger partial charge in [0.05, 0.1) is 22.7 Å². The fraction of sp³-hybridized carbons (Fsp3) is 0.100. The number of hydrogen-bond acceptors (Lipinski definition) is 4. The van der Waals surface area contributed by atoms with Crippen molar-refractivity contribution < 1.29 is 0 Å². The van der Waals surface area contributed by atoms with Crippen molar-refractivity contribution in [3.05, 3.63) is 66.7 Å². The van der Waals surface area contributed by atoms with E-state index in [4.69, 9.17) is 5.73 Å². The summed E-state index contributed by atoms with van der Waals surface area (Å²) in [4.78, 5) is 4.36. The molecule has 3 aromatic rings. The summed E-state index contributed by atoms with van der Waals surface area (Å²) in [6.07, 6.45) is 0. The van der Waals surface area contributed by atoms with Crippen LogP contribution in [0.15, 0.2) is 66.7 Å². The second-order valence-corrected chi connectivity index (χ2v) is 6.17. The van der Waals surface area contributed by atoms with E-state index in [-0.39, 0.29) is 12.4 Å². The summed E-state index contributed by atoms with van der Waals surface area (Å²) in [6, 6.07) is 22.8. The van der Waals surface area contributed by atoms with Gasteiger partial charge in [-0.3, -0.25) is 0 Å². The van der Waals surface area contributed by atoms with Crippen LogP contribution in [0.25, 0.3) is 0 Å². The number of benzene rings is 3. The van der Waals surface area contributed by atoms with E-state index in [1.807, 2.05) is 24.3 Å². The van der Waals surface area contributed by atoms with E-state index in [1.54, 1.807) is 0 Å². The van der Waals surface area contributed by atoms with Gasteiger partial charge < -0.3 is 20.9 Å². The summed E-state index contributed by atoms with van der Waals surface area (Å²) >= 11 is 0. The molecule has 0 saturated heterocycles. The Morgan fingerprint density at radius 3 is 2.16 bits per heavy atom. The van der Waals surface area contributed by atoms with E-state index >= 15 is 0 Å². The van der Waals surface area contributed by atoms with Gasteiger partial charge in [0.2, 0.25) is 0 Å². The predicted molar refractivity (Wildman–Crippen MR) is 110 cm³/mol. The van der Waals surface area contributed by atoms with Gasteiger partial charge in [0, 0.05) is 31.2 Å². The van der Waals surface area contributed by atoms with Crippen LogP contribution in [0.2, 0.25) is 0 Å². The van der Waals surface area contributed by atoms with Crippen LogP contribution in [-0.4, -0.2) is 14.1 Å². The molecule has 0 amide bonds. The monoisotopic (exact) mass is 352 g/mol. The van der Waals surface area contributed by atoms with E-state index in [0.717, 1.165) is 39.8 Å². The molecule has 1 aliphatic heterocycles. The van der Waals surface area contributed by atoms with E-state index in [1.165, 1.54) is 0 Å². The molecule has 3 aromatic carbocycles. The molecule has 1 aliphatic rings. The van der Waals surface area contributed by atoms with Gasteiger partial charge in [0.15, 0.2) is 0 Å². The standard InChI is InChI=1S/C20H20N4.ClH/c1-23(2)16-9-11-18-20(13-16)24(15-6-4-3-5-7-15)19-12-14(21)8-10-17(19)22-18;/h3-13,22H,21H2,1-2H3;1H. The Morgan fingerprint density at radius 1 is 0.840 bits per heavy atom. The Bertz CT molecular complexity index is 893. The third-order valence-electron chi connectivity index (χ3n) is 4.29. The van der Waals surface area contributed by atoms with Crippen molar-refractivity contribution in [3.8, 4) is 0 Å². The van der Waals surface area contributed by atoms with Crippen LogP contribution in [0.5, 0.6) is 0 Å². The molecular weight excluding hydrogens is 332 g/mol. The molecule has 1 heterocycles. The van der Waals surface area contributed by atoms with Gasteiger partial charge in [-0.25, -0.2) is 0 Å². The Kier molecular flexibility index (Phi) is 4.47. The molecule has 0 unspecified atom stereocenters. The SMILES string of the molecule is CN(C)c1ccc2c(c1)N(c1ccccc1)c1cc(N)ccc1N2.Cl. The molecule has 3 N–H and O–H groups in total. The van der Waals surface area contributed by atoms with Crippen molar-refractivity contribution in [1.82, 2.24) is 0 Å². The topological polar surface area (TPSA) is 44.5 Å². The number of nitrogens with zero attached hydrogens (tertiary/aromatic N) is 2. The molecule has 4 rings (SSSR count). The Labute approximate surface area is 154 Å². The van der Waals surface area contributed by atoms with Gasteiger partial charge in [-0.05, 0) is 48.5 Å². The highest BCUT2D eigenvalue weighted by atomic mass is 35.5. The minimum atomic E-state index is 0. The maximum atomic E-state index is 6.06. The lowest BCUT2D eigenvalue weighted by molar-refractivity contribution is 1.13. The fourth-order valence-electron chi connectivity index (χ4n) is 3.06. The quantitative estimate of drug-likeness (QED) is 0.481. The molecule has 0 aromatic heterocycles. The van der Waals surface area contributed by atoms with Gasteiger partial charge in [0.1, 0.15) is 0 Å². The minimum absolute atomic E-state index is 0. The van der Waals surface area contributed by atoms with Gasteiger partial charge >= 0.3 is 0 Å². The molecular formula is C20H21ClN4. The van der Waals surface area contributed by atoms with Crippen molar-refractivity contribution >= 4 is 52.2 Å². The lowest BCUT2D eigenvalue weighted by Crippen LogP contribution is -2.19. The van der Waals surface area contributed by atoms with Crippen molar-refractivity contribution in [1.29, 1.82) is 0 Å². The summed E-state index contributed by atoms with van der Waals surface area (Å²) in [6.45, 7) is 0. The van der Waals surface area contributed by atoms with Crippen LogP contribution in [0.3, 0.4) is 0 Å². The lowest BCUT2D eigenvalue weighted by atomic mass is 10.1. The average molecular weight is 353 g/mol. The highest BCUT2D eigenvalue weighted by Gasteiger charge is 2.24. The molecule has 0 radical (unpaired) electrons. The molecule has 5 heteroatoms. The summed E-state index contributed by atoms with van der Waals surface area (Å²) in [7, 11) is 4.10. The van der Waals surface area contributed by atoms with E-state index in [0.29, 0.717) is 0 Å². The summed E-state index contributed by atoms with van der Waals surface area (Å²) in [5.74, 6) is 0. The third kappa shape index (κ3) is 2.96. The van der Waals surface area contributed by atoms with E-state index in [2.05, 4.69) is 71.7 Å². The molecule has 0 bridgehead atoms. The van der Waals surface area contributed by atoms with Gasteiger partial charge in [0.25, 0.3) is 0 Å². The zero-order chi connectivity index (χ0) is 16.7. The first kappa shape index (κ1) is 17.0. The van der Waals surface area contributed by atoms with Gasteiger partial charge in [-0.1, -0.05) is 18.2 Å². The molecule has 0 aliphatic carbocycles. The number of nitrogen functional groups attached to an aromatic ring is 1. The highest BCUT2D eigenvalue weighted by molar-refractivity contribution is 5.98. The summed E-state index contributed by atoms with van der Waals surface area (Å²) in [5, 5.41) is 3.52. The van der Waals surface area contributed by atoms with Crippen LogP contribution < -0.4 is 20.9 Å². The first-order chi connectivity index (χ1) is 11.6. The molecule has 25 heavy (non-hydrogen) atoms. The van der Waals surface area contributed by atoms with Crippen molar-refractivity contribution in [3.63, 3.8) is 0 Å².